The van der Waals surface area contributed by atoms with Gasteiger partial charge in [0.15, 0.2) is 24.8 Å². The summed E-state index contributed by atoms with van der Waals surface area (Å²) in [6, 6.07) is 6.56. The summed E-state index contributed by atoms with van der Waals surface area (Å²) in [5.74, 6) is -2.42. The minimum absolute atomic E-state index is 0.0638. The third-order valence-electron chi connectivity index (χ3n) is 7.99. The number of aromatic nitrogens is 2. The molecule has 0 atom stereocenters. The van der Waals surface area contributed by atoms with Crippen molar-refractivity contribution in [3.05, 3.63) is 68.5 Å². The molecular formula is C31H30Cl2F2N4O6. The quantitative estimate of drug-likeness (QED) is 0.313. The van der Waals surface area contributed by atoms with Crippen molar-refractivity contribution in [2.75, 3.05) is 26.3 Å². The van der Waals surface area contributed by atoms with E-state index >= 15 is 0 Å². The molecule has 4 aromatic rings. The highest BCUT2D eigenvalue weighted by molar-refractivity contribution is 6.31. The van der Waals surface area contributed by atoms with Crippen LogP contribution in [0.25, 0.3) is 21.8 Å². The van der Waals surface area contributed by atoms with Crippen LogP contribution in [0.4, 0.5) is 8.78 Å². The van der Waals surface area contributed by atoms with Gasteiger partial charge in [0.2, 0.25) is 0 Å². The molecule has 10 nitrogen and oxygen atoms in total. The molecule has 2 aliphatic heterocycles. The number of fused-ring (bicyclic) bond motifs is 6. The van der Waals surface area contributed by atoms with Gasteiger partial charge >= 0.3 is 11.9 Å². The van der Waals surface area contributed by atoms with E-state index in [0.717, 1.165) is 33.3 Å². The smallest absolute Gasteiger partial charge is 0.303 e. The highest BCUT2D eigenvalue weighted by Crippen LogP contribution is 2.34. The van der Waals surface area contributed by atoms with Gasteiger partial charge in [0.25, 0.3) is 11.8 Å². The molecule has 0 saturated carbocycles. The topological polar surface area (TPSA) is 114 Å². The van der Waals surface area contributed by atoms with Crippen molar-refractivity contribution in [3.8, 4) is 0 Å². The fraction of sp³-hybridized carbons (Fsp3) is 0.355. The number of amides is 2. The fourth-order valence-corrected chi connectivity index (χ4v) is 6.08. The summed E-state index contributed by atoms with van der Waals surface area (Å²) in [5.41, 5.74) is 4.53. The van der Waals surface area contributed by atoms with Crippen LogP contribution in [-0.4, -0.2) is 69.4 Å². The molecule has 45 heavy (non-hydrogen) atoms. The number of nitrogens with zero attached hydrogens (tertiary/aromatic N) is 3. The monoisotopic (exact) mass is 662 g/mol. The van der Waals surface area contributed by atoms with Crippen molar-refractivity contribution < 1.29 is 37.4 Å². The Morgan fingerprint density at radius 3 is 1.93 bits per heavy atom. The first-order chi connectivity index (χ1) is 21.4. The third-order valence-corrected chi connectivity index (χ3v) is 8.58. The molecule has 2 amide bonds. The van der Waals surface area contributed by atoms with Gasteiger partial charge < -0.3 is 28.8 Å². The average molecular weight is 664 g/mol. The van der Waals surface area contributed by atoms with Crippen LogP contribution in [0, 0.1) is 11.6 Å². The Morgan fingerprint density at radius 2 is 1.33 bits per heavy atom. The summed E-state index contributed by atoms with van der Waals surface area (Å²) >= 11 is 11.7. The van der Waals surface area contributed by atoms with E-state index in [-0.39, 0.29) is 35.1 Å². The molecule has 14 heteroatoms. The Kier molecular flexibility index (Phi) is 9.36. The molecule has 0 aliphatic carbocycles. The van der Waals surface area contributed by atoms with Gasteiger partial charge in [-0.25, -0.2) is 8.78 Å². The SMILES string of the molecule is CC(=O)OCC(=O)N1CCc2[nH]c3c(F)c(Cl)ccc3c2C1.CC(=O)OCC(=O)N1CCc2c(c3ccc(Cl)c(F)c3n2C)C1. The van der Waals surface area contributed by atoms with Gasteiger partial charge in [0.05, 0.1) is 21.1 Å². The summed E-state index contributed by atoms with van der Waals surface area (Å²) in [7, 11) is 1.80. The summed E-state index contributed by atoms with van der Waals surface area (Å²) in [5, 5.41) is 1.63. The molecule has 2 aromatic carbocycles. The van der Waals surface area contributed by atoms with Crippen molar-refractivity contribution in [1.82, 2.24) is 19.4 Å². The molecule has 4 heterocycles. The van der Waals surface area contributed by atoms with Crippen LogP contribution in [0.5, 0.6) is 0 Å². The van der Waals surface area contributed by atoms with Gasteiger partial charge in [-0.05, 0) is 12.1 Å². The number of benzene rings is 2. The minimum atomic E-state index is -0.491. The second kappa shape index (κ2) is 13.1. The van der Waals surface area contributed by atoms with Crippen molar-refractivity contribution in [2.24, 2.45) is 7.05 Å². The van der Waals surface area contributed by atoms with E-state index in [0.29, 0.717) is 50.1 Å². The summed E-state index contributed by atoms with van der Waals surface area (Å²) < 4.78 is 39.7. The number of carbonyl (C=O) groups is 4. The van der Waals surface area contributed by atoms with E-state index in [4.69, 9.17) is 32.7 Å². The minimum Gasteiger partial charge on any atom is -0.456 e. The molecule has 1 N–H and O–H groups in total. The van der Waals surface area contributed by atoms with Gasteiger partial charge in [-0.1, -0.05) is 35.3 Å². The van der Waals surface area contributed by atoms with Gasteiger partial charge in [-0.15, -0.1) is 0 Å². The number of hydrogen-bond donors (Lipinski definition) is 1. The number of ether oxygens (including phenoxy) is 2. The molecule has 0 fully saturated rings. The van der Waals surface area contributed by atoms with Gasteiger partial charge in [-0.3, -0.25) is 19.2 Å². The second-order valence-electron chi connectivity index (χ2n) is 10.8. The summed E-state index contributed by atoms with van der Waals surface area (Å²) in [4.78, 5) is 52.0. The number of H-pyrrole nitrogens is 1. The van der Waals surface area contributed by atoms with Gasteiger partial charge in [0.1, 0.15) is 0 Å². The Hall–Kier alpha value is -4.16. The zero-order valence-corrected chi connectivity index (χ0v) is 26.3. The van der Waals surface area contributed by atoms with E-state index in [1.807, 2.05) is 0 Å². The number of aryl methyl sites for hydroxylation is 1. The number of carbonyl (C=O) groups excluding carboxylic acids is 4. The van der Waals surface area contributed by atoms with E-state index in [1.54, 1.807) is 33.5 Å². The highest BCUT2D eigenvalue weighted by atomic mass is 35.5. The number of halogens is 4. The molecule has 0 spiro atoms. The van der Waals surface area contributed by atoms with E-state index in [2.05, 4.69) is 4.98 Å². The standard InChI is InChI=1S/C16H16ClFN2O3.C15H14ClFN2O3/c1-9(21)23-8-14(22)20-6-5-13-11(7-20)10-3-4-12(17)15(18)16(10)19(13)2;1-8(20)22-7-13(21)19-5-4-12-10(6-19)9-2-3-11(16)14(17)15(9)18-12/h3-4H,5-8H2,1-2H3;2-3,18H,4-7H2,1H3. The Morgan fingerprint density at radius 1 is 0.800 bits per heavy atom. The zero-order valence-electron chi connectivity index (χ0n) is 24.8. The number of hydrogen-bond acceptors (Lipinski definition) is 6. The molecule has 2 aliphatic rings. The van der Waals surface area contributed by atoms with Crippen molar-refractivity contribution >= 4 is 68.8 Å². The van der Waals surface area contributed by atoms with Crippen LogP contribution < -0.4 is 0 Å². The molecule has 2 aromatic heterocycles. The Bertz CT molecular complexity index is 1850. The van der Waals surface area contributed by atoms with Gasteiger partial charge in [0, 0.05) is 93.2 Å². The van der Waals surface area contributed by atoms with Crippen molar-refractivity contribution in [2.45, 2.75) is 39.8 Å². The first-order valence-electron chi connectivity index (χ1n) is 14.1. The van der Waals surface area contributed by atoms with Crippen molar-refractivity contribution in [3.63, 3.8) is 0 Å². The number of rotatable bonds is 4. The van der Waals surface area contributed by atoms with E-state index in [1.165, 1.54) is 26.0 Å². The average Bonchev–Trinajstić information content (AvgIpc) is 3.53. The summed E-state index contributed by atoms with van der Waals surface area (Å²) in [6.45, 7) is 3.71. The highest BCUT2D eigenvalue weighted by Gasteiger charge is 2.28. The molecule has 0 bridgehead atoms. The van der Waals surface area contributed by atoms with Crippen molar-refractivity contribution in [1.29, 1.82) is 0 Å². The Labute approximate surface area is 266 Å². The molecule has 0 saturated heterocycles. The number of nitrogens with one attached hydrogen (secondary N) is 1. The number of esters is 2. The van der Waals surface area contributed by atoms with Crippen LogP contribution in [0.1, 0.15) is 36.4 Å². The first-order valence-corrected chi connectivity index (χ1v) is 14.9. The molecule has 238 valence electrons. The second-order valence-corrected chi connectivity index (χ2v) is 11.6. The van der Waals surface area contributed by atoms with Crippen LogP contribution >= 0.6 is 23.2 Å². The van der Waals surface area contributed by atoms with Crippen LogP contribution in [-0.2, 0) is 61.6 Å². The lowest BCUT2D eigenvalue weighted by Gasteiger charge is -2.27. The van der Waals surface area contributed by atoms with E-state index < -0.39 is 23.6 Å². The third kappa shape index (κ3) is 6.48. The Balaban J connectivity index is 0.000000178. The van der Waals surface area contributed by atoms with E-state index in [9.17, 15) is 28.0 Å². The maximum atomic E-state index is 14.3. The predicted molar refractivity (Wildman–Crippen MR) is 163 cm³/mol. The van der Waals surface area contributed by atoms with Crippen LogP contribution in [0.15, 0.2) is 24.3 Å². The number of aromatic amines is 1. The van der Waals surface area contributed by atoms with Crippen LogP contribution in [0.3, 0.4) is 0 Å². The first kappa shape index (κ1) is 32.2. The predicted octanol–water partition coefficient (Wildman–Crippen LogP) is 4.83. The van der Waals surface area contributed by atoms with Gasteiger partial charge in [-0.2, -0.15) is 0 Å². The van der Waals surface area contributed by atoms with Crippen LogP contribution in [0.2, 0.25) is 10.0 Å². The molecule has 0 radical (unpaired) electrons. The largest absolute Gasteiger partial charge is 0.456 e. The zero-order chi connectivity index (χ0) is 32.6. The maximum absolute atomic E-state index is 14.3. The summed E-state index contributed by atoms with van der Waals surface area (Å²) in [6.07, 6.45) is 1.20. The normalized spacial score (nSPS) is 14.0. The maximum Gasteiger partial charge on any atom is 0.303 e. The lowest BCUT2D eigenvalue weighted by atomic mass is 10.0. The fourth-order valence-electron chi connectivity index (χ4n) is 5.77. The lowest BCUT2D eigenvalue weighted by Crippen LogP contribution is -2.38. The molecular weight excluding hydrogens is 633 g/mol. The molecule has 0 unspecified atom stereocenters. The lowest BCUT2D eigenvalue weighted by molar-refractivity contribution is -0.150. The molecule has 6 rings (SSSR count).